The van der Waals surface area contributed by atoms with Crippen LogP contribution >= 0.6 is 11.6 Å². The Labute approximate surface area is 201 Å². The SMILES string of the molecule is COc1ccc(CCNC(=O)CN(C2CCCCC2)S(=O)(=O)c2ccc(Cl)cc2)cc1OC. The van der Waals surface area contributed by atoms with Crippen molar-refractivity contribution < 1.29 is 22.7 Å². The van der Waals surface area contributed by atoms with Gasteiger partial charge in [-0.15, -0.1) is 0 Å². The van der Waals surface area contributed by atoms with Gasteiger partial charge in [0.2, 0.25) is 15.9 Å². The molecule has 1 amide bonds. The van der Waals surface area contributed by atoms with Gasteiger partial charge in [-0.2, -0.15) is 4.31 Å². The molecule has 0 bridgehead atoms. The minimum absolute atomic E-state index is 0.149. The first-order valence-corrected chi connectivity index (χ1v) is 12.9. The van der Waals surface area contributed by atoms with E-state index in [9.17, 15) is 13.2 Å². The molecular weight excluding hydrogens is 464 g/mol. The summed E-state index contributed by atoms with van der Waals surface area (Å²) in [6, 6.07) is 11.5. The Morgan fingerprint density at radius 3 is 2.33 bits per heavy atom. The van der Waals surface area contributed by atoms with Crippen LogP contribution in [0.2, 0.25) is 5.02 Å². The van der Waals surface area contributed by atoms with E-state index < -0.39 is 10.0 Å². The minimum Gasteiger partial charge on any atom is -0.493 e. The quantitative estimate of drug-likeness (QED) is 0.538. The predicted molar refractivity (Wildman–Crippen MR) is 128 cm³/mol. The largest absolute Gasteiger partial charge is 0.493 e. The second-order valence-electron chi connectivity index (χ2n) is 8.09. The number of methoxy groups -OCH3 is 2. The zero-order chi connectivity index (χ0) is 23.8. The van der Waals surface area contributed by atoms with Gasteiger partial charge in [0, 0.05) is 17.6 Å². The number of sulfonamides is 1. The number of hydrogen-bond donors (Lipinski definition) is 1. The van der Waals surface area contributed by atoms with E-state index in [1.54, 1.807) is 26.4 Å². The predicted octanol–water partition coefficient (Wildman–Crippen LogP) is 4.04. The zero-order valence-corrected chi connectivity index (χ0v) is 20.6. The molecule has 9 heteroatoms. The summed E-state index contributed by atoms with van der Waals surface area (Å²) in [7, 11) is -0.672. The van der Waals surface area contributed by atoms with E-state index >= 15 is 0 Å². The minimum atomic E-state index is -3.82. The van der Waals surface area contributed by atoms with Crippen LogP contribution in [0.4, 0.5) is 0 Å². The molecule has 33 heavy (non-hydrogen) atoms. The van der Waals surface area contributed by atoms with Gasteiger partial charge in [-0.3, -0.25) is 4.79 Å². The van der Waals surface area contributed by atoms with E-state index in [0.717, 1.165) is 37.7 Å². The molecule has 1 N–H and O–H groups in total. The van der Waals surface area contributed by atoms with Crippen molar-refractivity contribution in [1.29, 1.82) is 0 Å². The lowest BCUT2D eigenvalue weighted by atomic mass is 9.95. The Balaban J connectivity index is 1.67. The maximum atomic E-state index is 13.4. The van der Waals surface area contributed by atoms with Crippen molar-refractivity contribution >= 4 is 27.5 Å². The lowest BCUT2D eigenvalue weighted by Gasteiger charge is -2.33. The number of carbonyl (C=O) groups excluding carboxylic acids is 1. The van der Waals surface area contributed by atoms with E-state index in [1.165, 1.54) is 16.4 Å². The number of ether oxygens (including phenoxy) is 2. The highest BCUT2D eigenvalue weighted by atomic mass is 35.5. The number of nitrogens with one attached hydrogen (secondary N) is 1. The van der Waals surface area contributed by atoms with Gasteiger partial charge in [-0.1, -0.05) is 36.9 Å². The molecular formula is C24H31ClN2O5S. The molecule has 0 heterocycles. The second kappa shape index (κ2) is 11.7. The molecule has 7 nitrogen and oxygen atoms in total. The third kappa shape index (κ3) is 6.62. The van der Waals surface area contributed by atoms with Crippen molar-refractivity contribution in [2.45, 2.75) is 49.5 Å². The maximum Gasteiger partial charge on any atom is 0.243 e. The molecule has 0 atom stereocenters. The van der Waals surface area contributed by atoms with Gasteiger partial charge < -0.3 is 14.8 Å². The highest BCUT2D eigenvalue weighted by Gasteiger charge is 2.33. The van der Waals surface area contributed by atoms with E-state index in [2.05, 4.69) is 5.32 Å². The fourth-order valence-electron chi connectivity index (χ4n) is 4.10. The van der Waals surface area contributed by atoms with Crippen molar-refractivity contribution in [2.75, 3.05) is 27.3 Å². The van der Waals surface area contributed by atoms with E-state index in [0.29, 0.717) is 29.5 Å². The van der Waals surface area contributed by atoms with E-state index in [1.807, 2.05) is 18.2 Å². The van der Waals surface area contributed by atoms with Crippen LogP contribution in [0, 0.1) is 0 Å². The molecule has 0 aliphatic heterocycles. The van der Waals surface area contributed by atoms with Crippen LogP contribution in [0.1, 0.15) is 37.7 Å². The maximum absolute atomic E-state index is 13.4. The third-order valence-corrected chi connectivity index (χ3v) is 8.05. The van der Waals surface area contributed by atoms with Crippen LogP contribution in [-0.2, 0) is 21.2 Å². The van der Waals surface area contributed by atoms with Crippen LogP contribution in [-0.4, -0.2) is 52.0 Å². The average molecular weight is 495 g/mol. The summed E-state index contributed by atoms with van der Waals surface area (Å²) in [6.45, 7) is 0.176. The zero-order valence-electron chi connectivity index (χ0n) is 19.1. The Bertz CT molecular complexity index is 1040. The summed E-state index contributed by atoms with van der Waals surface area (Å²) >= 11 is 5.93. The summed E-state index contributed by atoms with van der Waals surface area (Å²) in [5, 5.41) is 3.33. The monoisotopic (exact) mass is 494 g/mol. The number of rotatable bonds is 10. The first-order chi connectivity index (χ1) is 15.8. The van der Waals surface area contributed by atoms with Crippen LogP contribution in [0.5, 0.6) is 11.5 Å². The van der Waals surface area contributed by atoms with Gasteiger partial charge in [-0.25, -0.2) is 8.42 Å². The highest BCUT2D eigenvalue weighted by Crippen LogP contribution is 2.29. The Hall–Kier alpha value is -2.29. The van der Waals surface area contributed by atoms with Crippen molar-refractivity contribution in [2.24, 2.45) is 0 Å². The lowest BCUT2D eigenvalue weighted by Crippen LogP contribution is -2.47. The van der Waals surface area contributed by atoms with E-state index in [-0.39, 0.29) is 23.4 Å². The van der Waals surface area contributed by atoms with Gasteiger partial charge in [0.15, 0.2) is 11.5 Å². The normalized spacial score (nSPS) is 14.8. The Morgan fingerprint density at radius 2 is 1.70 bits per heavy atom. The fraction of sp³-hybridized carbons (Fsp3) is 0.458. The van der Waals surface area contributed by atoms with Crippen LogP contribution in [0.25, 0.3) is 0 Å². The molecule has 1 fully saturated rings. The first kappa shape index (κ1) is 25.3. The number of benzene rings is 2. The summed E-state index contributed by atoms with van der Waals surface area (Å²) in [4.78, 5) is 12.9. The summed E-state index contributed by atoms with van der Waals surface area (Å²) in [5.41, 5.74) is 0.978. The lowest BCUT2D eigenvalue weighted by molar-refractivity contribution is -0.121. The number of hydrogen-bond acceptors (Lipinski definition) is 5. The first-order valence-electron chi connectivity index (χ1n) is 11.1. The van der Waals surface area contributed by atoms with Crippen molar-refractivity contribution in [3.63, 3.8) is 0 Å². The topological polar surface area (TPSA) is 84.9 Å². The summed E-state index contributed by atoms with van der Waals surface area (Å²) in [5.74, 6) is 0.943. The van der Waals surface area contributed by atoms with Gasteiger partial charge in [0.05, 0.1) is 25.7 Å². The molecule has 3 rings (SSSR count). The highest BCUT2D eigenvalue weighted by molar-refractivity contribution is 7.89. The second-order valence-corrected chi connectivity index (χ2v) is 10.4. The van der Waals surface area contributed by atoms with Gasteiger partial charge >= 0.3 is 0 Å². The molecule has 2 aromatic rings. The van der Waals surface area contributed by atoms with Crippen LogP contribution in [0.15, 0.2) is 47.4 Å². The number of amides is 1. The van der Waals surface area contributed by atoms with Gasteiger partial charge in [0.1, 0.15) is 0 Å². The summed E-state index contributed by atoms with van der Waals surface area (Å²) in [6.07, 6.45) is 5.09. The Kier molecular flexibility index (Phi) is 9.00. The standard InChI is InChI=1S/C24H31ClN2O5S/c1-31-22-13-8-18(16-23(22)32-2)14-15-26-24(28)17-27(20-6-4-3-5-7-20)33(29,30)21-11-9-19(25)10-12-21/h8-13,16,20H,3-7,14-15,17H2,1-2H3,(H,26,28). The molecule has 0 radical (unpaired) electrons. The average Bonchev–Trinajstić information content (AvgIpc) is 2.83. The Morgan fingerprint density at radius 1 is 1.03 bits per heavy atom. The molecule has 2 aromatic carbocycles. The molecule has 0 aromatic heterocycles. The molecule has 0 saturated heterocycles. The van der Waals surface area contributed by atoms with Gasteiger partial charge in [-0.05, 0) is 61.2 Å². The van der Waals surface area contributed by atoms with Crippen molar-refractivity contribution in [3.8, 4) is 11.5 Å². The van der Waals surface area contributed by atoms with Crippen LogP contribution in [0.3, 0.4) is 0 Å². The van der Waals surface area contributed by atoms with Gasteiger partial charge in [0.25, 0.3) is 0 Å². The fourth-order valence-corrected chi connectivity index (χ4v) is 5.87. The van der Waals surface area contributed by atoms with Crippen molar-refractivity contribution in [1.82, 2.24) is 9.62 Å². The number of carbonyl (C=O) groups is 1. The molecule has 1 aliphatic rings. The van der Waals surface area contributed by atoms with E-state index in [4.69, 9.17) is 21.1 Å². The molecule has 0 spiro atoms. The molecule has 180 valence electrons. The molecule has 1 saturated carbocycles. The summed E-state index contributed by atoms with van der Waals surface area (Å²) < 4.78 is 38.7. The smallest absolute Gasteiger partial charge is 0.243 e. The molecule has 0 unspecified atom stereocenters. The molecule has 1 aliphatic carbocycles. The third-order valence-electron chi connectivity index (χ3n) is 5.89. The number of nitrogens with zero attached hydrogens (tertiary/aromatic N) is 1. The number of halogens is 1. The van der Waals surface area contributed by atoms with Crippen LogP contribution < -0.4 is 14.8 Å². The van der Waals surface area contributed by atoms with Crippen molar-refractivity contribution in [3.05, 3.63) is 53.1 Å².